The number of hydrogen-bond donors (Lipinski definition) is 1. The van der Waals surface area contributed by atoms with Gasteiger partial charge in [-0.15, -0.1) is 0 Å². The molecule has 7 heteroatoms. The van der Waals surface area contributed by atoms with Crippen LogP contribution in [0.5, 0.6) is 0 Å². The lowest BCUT2D eigenvalue weighted by Crippen LogP contribution is -2.53. The normalized spacial score (nSPS) is 24.6. The summed E-state index contributed by atoms with van der Waals surface area (Å²) in [5.74, 6) is 0.935. The molecule has 0 unspecified atom stereocenters. The summed E-state index contributed by atoms with van der Waals surface area (Å²) in [6, 6.07) is 3.63. The quantitative estimate of drug-likeness (QED) is 0.855. The number of aromatic nitrogens is 1. The number of pyridine rings is 1. The lowest BCUT2D eigenvalue weighted by Gasteiger charge is -2.48. The predicted octanol–water partition coefficient (Wildman–Crippen LogP) is 1.83. The van der Waals surface area contributed by atoms with Crippen molar-refractivity contribution in [3.05, 3.63) is 23.9 Å². The Morgan fingerprint density at radius 1 is 1.36 bits per heavy atom. The second-order valence-electron chi connectivity index (χ2n) is 8.35. The molecular weight excluding hydrogens is 356 g/mol. The number of carbonyl (C=O) groups is 2. The smallest absolute Gasteiger partial charge is 0.254 e. The van der Waals surface area contributed by atoms with Crippen molar-refractivity contribution in [1.29, 1.82) is 0 Å². The van der Waals surface area contributed by atoms with Gasteiger partial charge in [0.05, 0.1) is 11.7 Å². The number of hydrogen-bond acceptors (Lipinski definition) is 5. The van der Waals surface area contributed by atoms with Crippen LogP contribution in [0, 0.1) is 5.41 Å². The van der Waals surface area contributed by atoms with Gasteiger partial charge in [-0.3, -0.25) is 9.59 Å². The van der Waals surface area contributed by atoms with Crippen LogP contribution in [0.1, 0.15) is 48.9 Å². The number of piperidine rings is 2. The van der Waals surface area contributed by atoms with Crippen LogP contribution in [0.3, 0.4) is 0 Å². The van der Waals surface area contributed by atoms with Crippen molar-refractivity contribution in [2.75, 3.05) is 44.7 Å². The van der Waals surface area contributed by atoms with Gasteiger partial charge in [0.25, 0.3) is 5.91 Å². The summed E-state index contributed by atoms with van der Waals surface area (Å²) in [5.41, 5.74) is 0.810. The lowest BCUT2D eigenvalue weighted by atomic mass is 9.72. The van der Waals surface area contributed by atoms with Gasteiger partial charge in [-0.25, -0.2) is 4.98 Å². The van der Waals surface area contributed by atoms with E-state index in [-0.39, 0.29) is 23.3 Å². The zero-order valence-electron chi connectivity index (χ0n) is 16.7. The third-order valence-electron chi connectivity index (χ3n) is 6.58. The second kappa shape index (κ2) is 8.07. The Morgan fingerprint density at radius 3 is 2.89 bits per heavy atom. The zero-order chi connectivity index (χ0) is 19.6. The number of nitrogens with one attached hydrogen (secondary N) is 1. The summed E-state index contributed by atoms with van der Waals surface area (Å²) in [4.78, 5) is 33.4. The van der Waals surface area contributed by atoms with Gasteiger partial charge in [-0.1, -0.05) is 0 Å². The average molecular weight is 386 g/mol. The molecular formula is C21H30N4O3. The number of nitrogens with zero attached hydrogens (tertiary/aromatic N) is 3. The molecule has 3 aliphatic heterocycles. The van der Waals surface area contributed by atoms with E-state index in [1.54, 1.807) is 19.3 Å². The van der Waals surface area contributed by atoms with Gasteiger partial charge >= 0.3 is 0 Å². The van der Waals surface area contributed by atoms with Crippen molar-refractivity contribution >= 4 is 17.6 Å². The highest BCUT2D eigenvalue weighted by atomic mass is 16.5. The van der Waals surface area contributed by atoms with E-state index in [0.29, 0.717) is 12.0 Å². The van der Waals surface area contributed by atoms with E-state index < -0.39 is 0 Å². The van der Waals surface area contributed by atoms with Crippen LogP contribution >= 0.6 is 0 Å². The third kappa shape index (κ3) is 3.85. The highest BCUT2D eigenvalue weighted by molar-refractivity contribution is 5.98. The van der Waals surface area contributed by atoms with Crippen LogP contribution < -0.4 is 10.2 Å². The molecule has 0 saturated carbocycles. The van der Waals surface area contributed by atoms with Crippen molar-refractivity contribution in [3.63, 3.8) is 0 Å². The minimum Gasteiger partial charge on any atom is -0.376 e. The standard InChI is InChI=1S/C21H30N4O3/c1-22-20(27)17-5-2-10-23-19(17)24-11-8-21(9-12-24)7-6-18(26)25(15-21)14-16-4-3-13-28-16/h2,5,10,16H,3-4,6-9,11-15H2,1H3,(H,22,27)/t16-/m1/s1. The van der Waals surface area contributed by atoms with Gasteiger partial charge in [-0.2, -0.15) is 0 Å². The zero-order valence-corrected chi connectivity index (χ0v) is 16.7. The second-order valence-corrected chi connectivity index (χ2v) is 8.35. The molecule has 3 aliphatic rings. The fourth-order valence-corrected chi connectivity index (χ4v) is 4.86. The molecule has 7 nitrogen and oxygen atoms in total. The highest BCUT2D eigenvalue weighted by Gasteiger charge is 2.42. The first-order valence-electron chi connectivity index (χ1n) is 10.4. The lowest BCUT2D eigenvalue weighted by molar-refractivity contribution is -0.140. The SMILES string of the molecule is CNC(=O)c1cccnc1N1CCC2(CCC(=O)N(C[C@H]3CCCO3)C2)CC1. The summed E-state index contributed by atoms with van der Waals surface area (Å²) < 4.78 is 5.75. The van der Waals surface area contributed by atoms with Crippen molar-refractivity contribution in [2.24, 2.45) is 5.41 Å². The summed E-state index contributed by atoms with van der Waals surface area (Å²) in [7, 11) is 1.64. The van der Waals surface area contributed by atoms with Crippen LogP contribution in [0.25, 0.3) is 0 Å². The van der Waals surface area contributed by atoms with E-state index in [0.717, 1.165) is 70.7 Å². The molecule has 3 fully saturated rings. The Morgan fingerprint density at radius 2 is 2.18 bits per heavy atom. The summed E-state index contributed by atoms with van der Waals surface area (Å²) in [6.45, 7) is 4.13. The van der Waals surface area contributed by atoms with Crippen molar-refractivity contribution in [1.82, 2.24) is 15.2 Å². The molecule has 1 aromatic rings. The highest BCUT2D eigenvalue weighted by Crippen LogP contribution is 2.41. The molecule has 0 bridgehead atoms. The molecule has 4 rings (SSSR count). The monoisotopic (exact) mass is 386 g/mol. The van der Waals surface area contributed by atoms with Crippen LogP contribution in [0.4, 0.5) is 5.82 Å². The first-order valence-corrected chi connectivity index (χ1v) is 10.4. The molecule has 1 spiro atoms. The van der Waals surface area contributed by atoms with Crippen LogP contribution in [-0.2, 0) is 9.53 Å². The van der Waals surface area contributed by atoms with E-state index in [1.165, 1.54) is 0 Å². The van der Waals surface area contributed by atoms with Crippen LogP contribution in [0.2, 0.25) is 0 Å². The molecule has 0 aromatic carbocycles. The maximum absolute atomic E-state index is 12.5. The molecule has 0 radical (unpaired) electrons. The Kier molecular flexibility index (Phi) is 5.53. The van der Waals surface area contributed by atoms with Gasteiger partial charge in [0.15, 0.2) is 0 Å². The molecule has 28 heavy (non-hydrogen) atoms. The summed E-state index contributed by atoms with van der Waals surface area (Å²) in [6.07, 6.45) is 7.76. The Balaban J connectivity index is 1.42. The molecule has 1 N–H and O–H groups in total. The van der Waals surface area contributed by atoms with Crippen LogP contribution in [0.15, 0.2) is 18.3 Å². The number of amides is 2. The topological polar surface area (TPSA) is 74.8 Å². The fourth-order valence-electron chi connectivity index (χ4n) is 4.86. The number of carbonyl (C=O) groups excluding carboxylic acids is 2. The first kappa shape index (κ1) is 19.2. The average Bonchev–Trinajstić information content (AvgIpc) is 3.24. The van der Waals surface area contributed by atoms with E-state index in [2.05, 4.69) is 15.2 Å². The molecule has 1 aromatic heterocycles. The largest absolute Gasteiger partial charge is 0.376 e. The van der Waals surface area contributed by atoms with Crippen molar-refractivity contribution < 1.29 is 14.3 Å². The van der Waals surface area contributed by atoms with Gasteiger partial charge < -0.3 is 19.9 Å². The van der Waals surface area contributed by atoms with Gasteiger partial charge in [0.1, 0.15) is 5.82 Å². The van der Waals surface area contributed by atoms with Crippen LogP contribution in [-0.4, -0.2) is 67.6 Å². The van der Waals surface area contributed by atoms with Crippen molar-refractivity contribution in [2.45, 2.75) is 44.6 Å². The molecule has 1 atom stereocenters. The molecule has 0 aliphatic carbocycles. The first-order chi connectivity index (χ1) is 13.6. The van der Waals surface area contributed by atoms with Gasteiger partial charge in [0, 0.05) is 52.5 Å². The van der Waals surface area contributed by atoms with E-state index in [9.17, 15) is 9.59 Å². The van der Waals surface area contributed by atoms with Gasteiger partial charge in [-0.05, 0) is 49.7 Å². The maximum Gasteiger partial charge on any atom is 0.254 e. The Labute approximate surface area is 166 Å². The molecule has 3 saturated heterocycles. The summed E-state index contributed by atoms with van der Waals surface area (Å²) in [5, 5.41) is 2.70. The van der Waals surface area contributed by atoms with Gasteiger partial charge in [0.2, 0.25) is 5.91 Å². The number of likely N-dealkylation sites (tertiary alicyclic amines) is 1. The summed E-state index contributed by atoms with van der Waals surface area (Å²) >= 11 is 0. The molecule has 4 heterocycles. The minimum atomic E-state index is -0.102. The van der Waals surface area contributed by atoms with E-state index in [4.69, 9.17) is 4.74 Å². The molecule has 2 amide bonds. The minimum absolute atomic E-state index is 0.102. The van der Waals surface area contributed by atoms with Crippen molar-refractivity contribution in [3.8, 4) is 0 Å². The number of rotatable bonds is 4. The predicted molar refractivity (Wildman–Crippen MR) is 106 cm³/mol. The third-order valence-corrected chi connectivity index (χ3v) is 6.58. The number of anilines is 1. The Bertz CT molecular complexity index is 724. The fraction of sp³-hybridized carbons (Fsp3) is 0.667. The Hall–Kier alpha value is -2.15. The maximum atomic E-state index is 12.5. The van der Waals surface area contributed by atoms with E-state index >= 15 is 0 Å². The van der Waals surface area contributed by atoms with E-state index in [1.807, 2.05) is 11.0 Å². The molecule has 152 valence electrons. The number of ether oxygens (including phenoxy) is 1.